The third-order valence-electron chi connectivity index (χ3n) is 3.02. The van der Waals surface area contributed by atoms with Crippen LogP contribution >= 0.6 is 0 Å². The smallest absolute Gasteiger partial charge is 0.356 e. The SMILES string of the molecule is C[Si](C)(C)CCOCOC(=O)c1cc2ccccc2[nH]1. The van der Waals surface area contributed by atoms with Crippen molar-refractivity contribution < 1.29 is 14.3 Å². The van der Waals surface area contributed by atoms with E-state index in [0.717, 1.165) is 16.9 Å². The van der Waals surface area contributed by atoms with E-state index in [1.165, 1.54) is 0 Å². The summed E-state index contributed by atoms with van der Waals surface area (Å²) in [7, 11) is -1.09. The van der Waals surface area contributed by atoms with Gasteiger partial charge in [0, 0.05) is 25.6 Å². The summed E-state index contributed by atoms with van der Waals surface area (Å²) in [5.41, 5.74) is 1.39. The van der Waals surface area contributed by atoms with Crippen molar-refractivity contribution in [1.82, 2.24) is 4.98 Å². The molecule has 2 aromatic rings. The summed E-state index contributed by atoms with van der Waals surface area (Å²) in [5.74, 6) is -0.380. The average Bonchev–Trinajstić information content (AvgIpc) is 2.80. The Hall–Kier alpha value is -1.59. The summed E-state index contributed by atoms with van der Waals surface area (Å²) in [4.78, 5) is 14.9. The first-order valence-corrected chi connectivity index (χ1v) is 10.5. The van der Waals surface area contributed by atoms with Crippen LogP contribution in [0.4, 0.5) is 0 Å². The zero-order chi connectivity index (χ0) is 14.6. The molecule has 0 spiro atoms. The van der Waals surface area contributed by atoms with Gasteiger partial charge in [-0.15, -0.1) is 0 Å². The van der Waals surface area contributed by atoms with Gasteiger partial charge in [-0.1, -0.05) is 37.8 Å². The van der Waals surface area contributed by atoms with Crippen LogP contribution in [-0.4, -0.2) is 32.4 Å². The van der Waals surface area contributed by atoms with Gasteiger partial charge in [-0.2, -0.15) is 0 Å². The van der Waals surface area contributed by atoms with Crippen molar-refractivity contribution in [2.45, 2.75) is 25.7 Å². The first kappa shape index (κ1) is 14.8. The molecule has 0 aliphatic heterocycles. The van der Waals surface area contributed by atoms with E-state index >= 15 is 0 Å². The summed E-state index contributed by atoms with van der Waals surface area (Å²) in [6, 6.07) is 10.6. The number of hydrogen-bond donors (Lipinski definition) is 1. The predicted molar refractivity (Wildman–Crippen MR) is 82.7 cm³/mol. The van der Waals surface area contributed by atoms with Crippen molar-refractivity contribution in [1.29, 1.82) is 0 Å². The zero-order valence-electron chi connectivity index (χ0n) is 12.2. The number of hydrogen-bond acceptors (Lipinski definition) is 3. The van der Waals surface area contributed by atoms with E-state index in [1.54, 1.807) is 6.07 Å². The maximum Gasteiger partial charge on any atom is 0.356 e. The fourth-order valence-electron chi connectivity index (χ4n) is 1.79. The molecule has 0 saturated heterocycles. The number of ether oxygens (including phenoxy) is 2. The number of carbonyl (C=O) groups is 1. The van der Waals surface area contributed by atoms with Crippen LogP contribution in [0, 0.1) is 0 Å². The molecule has 0 bridgehead atoms. The second-order valence-electron chi connectivity index (χ2n) is 6.04. The maximum atomic E-state index is 11.8. The first-order valence-electron chi connectivity index (χ1n) is 6.78. The topological polar surface area (TPSA) is 51.3 Å². The van der Waals surface area contributed by atoms with Crippen LogP contribution in [0.25, 0.3) is 10.9 Å². The van der Waals surface area contributed by atoms with Crippen molar-refractivity contribution in [3.05, 3.63) is 36.0 Å². The fraction of sp³-hybridized carbons (Fsp3) is 0.400. The Morgan fingerprint density at radius 1 is 1.25 bits per heavy atom. The molecule has 4 nitrogen and oxygen atoms in total. The molecule has 0 atom stereocenters. The molecule has 20 heavy (non-hydrogen) atoms. The highest BCUT2D eigenvalue weighted by atomic mass is 28.3. The fourth-order valence-corrected chi connectivity index (χ4v) is 2.55. The van der Waals surface area contributed by atoms with E-state index in [2.05, 4.69) is 24.6 Å². The van der Waals surface area contributed by atoms with E-state index in [1.807, 2.05) is 24.3 Å². The van der Waals surface area contributed by atoms with Crippen LogP contribution in [0.1, 0.15) is 10.5 Å². The Labute approximate surface area is 120 Å². The number of para-hydroxylation sites is 1. The lowest BCUT2D eigenvalue weighted by molar-refractivity contribution is -0.0279. The molecule has 1 heterocycles. The van der Waals surface area contributed by atoms with Crippen molar-refractivity contribution in [2.24, 2.45) is 0 Å². The van der Waals surface area contributed by atoms with Crippen molar-refractivity contribution >= 4 is 24.9 Å². The van der Waals surface area contributed by atoms with Gasteiger partial charge in [0.05, 0.1) is 0 Å². The molecular formula is C15H21NO3Si. The molecule has 0 radical (unpaired) electrons. The highest BCUT2D eigenvalue weighted by molar-refractivity contribution is 6.76. The van der Waals surface area contributed by atoms with Gasteiger partial charge in [0.1, 0.15) is 5.69 Å². The van der Waals surface area contributed by atoms with E-state index in [-0.39, 0.29) is 12.8 Å². The third-order valence-corrected chi connectivity index (χ3v) is 4.72. The van der Waals surface area contributed by atoms with Crippen LogP contribution in [0.2, 0.25) is 25.7 Å². The quantitative estimate of drug-likeness (QED) is 0.382. The second-order valence-corrected chi connectivity index (χ2v) is 11.7. The normalized spacial score (nSPS) is 11.8. The van der Waals surface area contributed by atoms with Gasteiger partial charge in [-0.25, -0.2) is 4.79 Å². The van der Waals surface area contributed by atoms with Gasteiger partial charge in [0.25, 0.3) is 0 Å². The Morgan fingerprint density at radius 2 is 2.00 bits per heavy atom. The number of esters is 1. The molecule has 0 aliphatic rings. The van der Waals surface area contributed by atoms with Crippen molar-refractivity contribution in [2.75, 3.05) is 13.4 Å². The number of aromatic amines is 1. The molecule has 1 aromatic carbocycles. The Bertz CT molecular complexity index is 553. The standard InChI is InChI=1S/C15H21NO3Si/c1-20(2,3)9-8-18-11-19-15(17)14-10-12-6-4-5-7-13(12)16-14/h4-7,10,16H,8-9,11H2,1-3H3. The van der Waals surface area contributed by atoms with Crippen LogP contribution in [-0.2, 0) is 9.47 Å². The third kappa shape index (κ3) is 4.21. The van der Waals surface area contributed by atoms with Crippen LogP contribution in [0.5, 0.6) is 0 Å². The molecule has 0 saturated carbocycles. The number of rotatable bonds is 6. The lowest BCUT2D eigenvalue weighted by Gasteiger charge is -2.15. The van der Waals surface area contributed by atoms with Crippen molar-refractivity contribution in [3.8, 4) is 0 Å². The summed E-state index contributed by atoms with van der Waals surface area (Å²) >= 11 is 0. The molecule has 1 N–H and O–H groups in total. The zero-order valence-corrected chi connectivity index (χ0v) is 13.2. The molecule has 1 aromatic heterocycles. The number of H-pyrrole nitrogens is 1. The summed E-state index contributed by atoms with van der Waals surface area (Å²) in [6.45, 7) is 7.51. The van der Waals surface area contributed by atoms with Gasteiger partial charge in [0.15, 0.2) is 6.79 Å². The number of aromatic nitrogens is 1. The molecule has 0 amide bonds. The van der Waals surface area contributed by atoms with E-state index in [9.17, 15) is 4.79 Å². The predicted octanol–water partition coefficient (Wildman–Crippen LogP) is 3.64. The number of carbonyl (C=O) groups excluding carboxylic acids is 1. The van der Waals surface area contributed by atoms with E-state index in [0.29, 0.717) is 12.3 Å². The monoisotopic (exact) mass is 291 g/mol. The lowest BCUT2D eigenvalue weighted by atomic mass is 10.2. The molecule has 0 aliphatic carbocycles. The van der Waals surface area contributed by atoms with Crippen LogP contribution < -0.4 is 0 Å². The Balaban J connectivity index is 1.80. The Kier molecular flexibility index (Phi) is 4.62. The molecule has 2 rings (SSSR count). The van der Waals surface area contributed by atoms with Gasteiger partial charge in [-0.05, 0) is 18.2 Å². The van der Waals surface area contributed by atoms with Gasteiger partial charge in [-0.3, -0.25) is 0 Å². The summed E-state index contributed by atoms with van der Waals surface area (Å²) in [5, 5.41) is 0.999. The second kappa shape index (κ2) is 6.24. The van der Waals surface area contributed by atoms with Gasteiger partial charge in [0.2, 0.25) is 0 Å². The molecule has 0 fully saturated rings. The number of nitrogens with one attached hydrogen (secondary N) is 1. The highest BCUT2D eigenvalue weighted by Crippen LogP contribution is 2.15. The van der Waals surface area contributed by atoms with E-state index in [4.69, 9.17) is 9.47 Å². The van der Waals surface area contributed by atoms with Gasteiger partial charge < -0.3 is 14.5 Å². The molecule has 108 valence electrons. The molecule has 5 heteroatoms. The van der Waals surface area contributed by atoms with Crippen LogP contribution in [0.15, 0.2) is 30.3 Å². The molecular weight excluding hydrogens is 270 g/mol. The lowest BCUT2D eigenvalue weighted by Crippen LogP contribution is -2.22. The van der Waals surface area contributed by atoms with E-state index < -0.39 is 8.07 Å². The van der Waals surface area contributed by atoms with Gasteiger partial charge >= 0.3 is 5.97 Å². The molecule has 0 unspecified atom stereocenters. The Morgan fingerprint density at radius 3 is 2.70 bits per heavy atom. The van der Waals surface area contributed by atoms with Crippen molar-refractivity contribution in [3.63, 3.8) is 0 Å². The minimum absolute atomic E-state index is 0.0126. The average molecular weight is 291 g/mol. The first-order chi connectivity index (χ1) is 9.46. The minimum atomic E-state index is -1.09. The number of benzene rings is 1. The number of fused-ring (bicyclic) bond motifs is 1. The van der Waals surface area contributed by atoms with Crippen LogP contribution in [0.3, 0.4) is 0 Å². The highest BCUT2D eigenvalue weighted by Gasteiger charge is 2.13. The summed E-state index contributed by atoms with van der Waals surface area (Å²) < 4.78 is 10.4. The largest absolute Gasteiger partial charge is 0.434 e. The maximum absolute atomic E-state index is 11.8. The minimum Gasteiger partial charge on any atom is -0.434 e. The summed E-state index contributed by atoms with van der Waals surface area (Å²) in [6.07, 6.45) is 0.